The lowest BCUT2D eigenvalue weighted by Crippen LogP contribution is -2.03. The van der Waals surface area contributed by atoms with E-state index < -0.39 is 0 Å². The van der Waals surface area contributed by atoms with Crippen LogP contribution in [0.5, 0.6) is 34.5 Å². The Balaban J connectivity index is 1.71. The standard InChI is InChI=1S/C24H18O3P/c28-24-22(26-19-12-6-2-7-13-19)16-21(25-18-10-4-1-5-11-18)17-23(24)27-20-14-8-3-9-15-20/h1-17,28H/q-1. The average molecular weight is 385 g/mol. The first-order valence-corrected chi connectivity index (χ1v) is 9.36. The molecule has 0 spiro atoms. The summed E-state index contributed by atoms with van der Waals surface area (Å²) in [6.45, 7) is 0. The van der Waals surface area contributed by atoms with Gasteiger partial charge in [-0.3, -0.25) is 0 Å². The molecule has 0 aliphatic carbocycles. The highest BCUT2D eigenvalue weighted by Crippen LogP contribution is 2.35. The van der Waals surface area contributed by atoms with E-state index in [0.717, 1.165) is 17.2 Å². The molecule has 0 atom stereocenters. The maximum atomic E-state index is 6.06. The number of hydrogen-bond donors (Lipinski definition) is 0. The predicted octanol–water partition coefficient (Wildman–Crippen LogP) is 6.83. The molecule has 3 nitrogen and oxygen atoms in total. The molecule has 0 bridgehead atoms. The van der Waals surface area contributed by atoms with Crippen LogP contribution in [0.3, 0.4) is 0 Å². The van der Waals surface area contributed by atoms with E-state index in [2.05, 4.69) is 9.24 Å². The molecule has 4 aromatic rings. The quantitative estimate of drug-likeness (QED) is 0.340. The average Bonchev–Trinajstić information content (AvgIpc) is 2.74. The number of ether oxygens (including phenoxy) is 3. The fourth-order valence-corrected chi connectivity index (χ4v) is 2.89. The summed E-state index contributed by atoms with van der Waals surface area (Å²) in [5.41, 5.74) is 0. The van der Waals surface area contributed by atoms with Crippen LogP contribution in [-0.2, 0) is 0 Å². The molecule has 0 fully saturated rings. The molecule has 0 aromatic heterocycles. The molecule has 4 aromatic carbocycles. The van der Waals surface area contributed by atoms with Crippen LogP contribution in [0.15, 0.2) is 103 Å². The van der Waals surface area contributed by atoms with Gasteiger partial charge in [0.25, 0.3) is 0 Å². The van der Waals surface area contributed by atoms with Gasteiger partial charge in [-0.05, 0) is 36.4 Å². The van der Waals surface area contributed by atoms with Crippen LogP contribution in [0.1, 0.15) is 0 Å². The number of para-hydroxylation sites is 3. The third kappa shape index (κ3) is 4.51. The molecule has 0 heterocycles. The van der Waals surface area contributed by atoms with Crippen LogP contribution in [0, 0.1) is 0 Å². The Kier molecular flexibility index (Phi) is 5.56. The van der Waals surface area contributed by atoms with Crippen molar-refractivity contribution in [2.45, 2.75) is 0 Å². The van der Waals surface area contributed by atoms with Crippen molar-refractivity contribution in [3.63, 3.8) is 0 Å². The van der Waals surface area contributed by atoms with Crippen LogP contribution in [0.2, 0.25) is 0 Å². The van der Waals surface area contributed by atoms with Crippen molar-refractivity contribution >= 4 is 14.5 Å². The van der Waals surface area contributed by atoms with Crippen LogP contribution in [-0.4, -0.2) is 0 Å². The van der Waals surface area contributed by atoms with Crippen LogP contribution in [0.25, 0.3) is 0 Å². The fourth-order valence-electron chi connectivity index (χ4n) is 2.64. The molecular weight excluding hydrogens is 367 g/mol. The van der Waals surface area contributed by atoms with Gasteiger partial charge in [-0.1, -0.05) is 54.6 Å². The van der Waals surface area contributed by atoms with E-state index >= 15 is 0 Å². The minimum Gasteiger partial charge on any atom is -0.517 e. The third-order valence-corrected chi connectivity index (χ3v) is 4.45. The van der Waals surface area contributed by atoms with Gasteiger partial charge in [0.15, 0.2) is 0 Å². The van der Waals surface area contributed by atoms with Crippen molar-refractivity contribution in [2.75, 3.05) is 0 Å². The van der Waals surface area contributed by atoms with Crippen LogP contribution < -0.4 is 19.5 Å². The summed E-state index contributed by atoms with van der Waals surface area (Å²) in [5.74, 6) is 4.00. The Morgan fingerprint density at radius 3 is 1.18 bits per heavy atom. The zero-order valence-electron chi connectivity index (χ0n) is 15.0. The van der Waals surface area contributed by atoms with Gasteiger partial charge in [0.05, 0.1) is 0 Å². The SMILES string of the molecule is [PH-]c1c(Oc2ccccc2)cc(Oc2ccccc2)cc1Oc1ccccc1. The van der Waals surface area contributed by atoms with Gasteiger partial charge in [0.2, 0.25) is 0 Å². The van der Waals surface area contributed by atoms with E-state index in [9.17, 15) is 0 Å². The maximum Gasteiger partial charge on any atom is 0.134 e. The minimum absolute atomic E-state index is 0.599. The largest absolute Gasteiger partial charge is 0.517 e. The van der Waals surface area contributed by atoms with Crippen molar-refractivity contribution in [3.8, 4) is 34.5 Å². The van der Waals surface area contributed by atoms with E-state index in [0.29, 0.717) is 22.6 Å². The summed E-state index contributed by atoms with van der Waals surface area (Å²) in [5, 5.41) is 0.702. The van der Waals surface area contributed by atoms with E-state index in [4.69, 9.17) is 14.2 Å². The highest BCUT2D eigenvalue weighted by atomic mass is 31.0. The topological polar surface area (TPSA) is 27.7 Å². The van der Waals surface area contributed by atoms with Gasteiger partial charge < -0.3 is 23.5 Å². The Morgan fingerprint density at radius 2 is 0.786 bits per heavy atom. The molecule has 0 saturated carbocycles. The van der Waals surface area contributed by atoms with E-state index in [1.165, 1.54) is 0 Å². The highest BCUT2D eigenvalue weighted by molar-refractivity contribution is 7.28. The summed E-state index contributed by atoms with van der Waals surface area (Å²) in [6.07, 6.45) is 0. The second-order valence-corrected chi connectivity index (χ2v) is 6.54. The number of rotatable bonds is 6. The van der Waals surface area contributed by atoms with Crippen molar-refractivity contribution < 1.29 is 14.2 Å². The van der Waals surface area contributed by atoms with Crippen molar-refractivity contribution in [2.24, 2.45) is 0 Å². The lowest BCUT2D eigenvalue weighted by Gasteiger charge is -2.20. The molecule has 0 amide bonds. The van der Waals surface area contributed by atoms with Crippen LogP contribution in [0.4, 0.5) is 0 Å². The van der Waals surface area contributed by atoms with E-state index in [1.807, 2.05) is 103 Å². The van der Waals surface area contributed by atoms with E-state index in [-0.39, 0.29) is 0 Å². The number of benzene rings is 4. The second-order valence-electron chi connectivity index (χ2n) is 6.04. The van der Waals surface area contributed by atoms with Gasteiger partial charge in [0.1, 0.15) is 34.5 Å². The van der Waals surface area contributed by atoms with Gasteiger partial charge in [-0.2, -0.15) is 0 Å². The number of hydrogen-bond acceptors (Lipinski definition) is 3. The predicted molar refractivity (Wildman–Crippen MR) is 114 cm³/mol. The maximum absolute atomic E-state index is 6.06. The smallest absolute Gasteiger partial charge is 0.134 e. The molecule has 0 radical (unpaired) electrons. The molecule has 28 heavy (non-hydrogen) atoms. The van der Waals surface area contributed by atoms with Gasteiger partial charge in [-0.25, -0.2) is 0 Å². The lowest BCUT2D eigenvalue weighted by atomic mass is 10.2. The van der Waals surface area contributed by atoms with Gasteiger partial charge in [0, 0.05) is 12.1 Å². The molecule has 0 aliphatic rings. The Hall–Kier alpha value is -3.29. The summed E-state index contributed by atoms with van der Waals surface area (Å²) in [7, 11) is 3.67. The van der Waals surface area contributed by atoms with Gasteiger partial charge in [-0.15, -0.1) is 5.30 Å². The normalized spacial score (nSPS) is 10.3. The molecule has 0 unspecified atom stereocenters. The zero-order chi connectivity index (χ0) is 19.2. The van der Waals surface area contributed by atoms with Gasteiger partial charge >= 0.3 is 0 Å². The van der Waals surface area contributed by atoms with Crippen molar-refractivity contribution in [3.05, 3.63) is 103 Å². The first kappa shape index (κ1) is 18.1. The minimum atomic E-state index is 0.599. The summed E-state index contributed by atoms with van der Waals surface area (Å²) in [4.78, 5) is 0. The van der Waals surface area contributed by atoms with Crippen molar-refractivity contribution in [1.29, 1.82) is 0 Å². The Morgan fingerprint density at radius 1 is 0.429 bits per heavy atom. The van der Waals surface area contributed by atoms with Crippen LogP contribution >= 0.6 is 9.24 Å². The summed E-state index contributed by atoms with van der Waals surface area (Å²) < 4.78 is 18.1. The first-order chi connectivity index (χ1) is 13.8. The third-order valence-electron chi connectivity index (χ3n) is 3.96. The lowest BCUT2D eigenvalue weighted by molar-refractivity contribution is 0.445. The fraction of sp³-hybridized carbons (Fsp3) is 0. The van der Waals surface area contributed by atoms with E-state index in [1.54, 1.807) is 0 Å². The molecular formula is C24H18O3P-. The first-order valence-electron chi connectivity index (χ1n) is 8.86. The Labute approximate surface area is 166 Å². The molecule has 4 rings (SSSR count). The molecule has 138 valence electrons. The molecule has 0 N–H and O–H groups in total. The summed E-state index contributed by atoms with van der Waals surface area (Å²) in [6, 6.07) is 32.4. The highest BCUT2D eigenvalue weighted by Gasteiger charge is 2.09. The zero-order valence-corrected chi connectivity index (χ0v) is 16.0. The molecule has 4 heteroatoms. The molecule has 0 aliphatic heterocycles. The Bertz CT molecular complexity index is 973. The van der Waals surface area contributed by atoms with Crippen molar-refractivity contribution in [1.82, 2.24) is 0 Å². The molecule has 0 saturated heterocycles. The second kappa shape index (κ2) is 8.60. The monoisotopic (exact) mass is 385 g/mol. The summed E-state index contributed by atoms with van der Waals surface area (Å²) >= 11 is 0.